The van der Waals surface area contributed by atoms with Gasteiger partial charge in [0.1, 0.15) is 5.75 Å². The number of carbonyl (C=O) groups excluding carboxylic acids is 1. The molecule has 0 aliphatic rings. The zero-order valence-corrected chi connectivity index (χ0v) is 17.1. The number of carbonyl (C=O) groups is 1. The van der Waals surface area contributed by atoms with Crippen molar-refractivity contribution in [2.24, 2.45) is 0 Å². The standard InChI is InChI=1S/C19H21Br2NO2/c1-4-12(2)15-7-5-6-8-17(15)22-19(23)13(3)24-18-10-9-14(20)11-16(18)21/h5-13H,4H2,1-3H3,(H,22,23)/t12-,13+/m0/s1. The lowest BCUT2D eigenvalue weighted by molar-refractivity contribution is -0.122. The van der Waals surface area contributed by atoms with Crippen LogP contribution in [-0.4, -0.2) is 12.0 Å². The van der Waals surface area contributed by atoms with Gasteiger partial charge in [-0.3, -0.25) is 4.79 Å². The van der Waals surface area contributed by atoms with Crippen molar-refractivity contribution in [1.29, 1.82) is 0 Å². The minimum atomic E-state index is -0.604. The summed E-state index contributed by atoms with van der Waals surface area (Å²) in [5, 5.41) is 2.99. The third-order valence-electron chi connectivity index (χ3n) is 3.93. The van der Waals surface area contributed by atoms with Crippen LogP contribution in [0.25, 0.3) is 0 Å². The highest BCUT2D eigenvalue weighted by atomic mass is 79.9. The zero-order valence-electron chi connectivity index (χ0n) is 14.0. The number of nitrogens with one attached hydrogen (secondary N) is 1. The Hall–Kier alpha value is -1.33. The fourth-order valence-electron chi connectivity index (χ4n) is 2.31. The highest BCUT2D eigenvalue weighted by molar-refractivity contribution is 9.11. The molecule has 128 valence electrons. The van der Waals surface area contributed by atoms with Crippen LogP contribution in [0.1, 0.15) is 38.7 Å². The number of amides is 1. The molecular formula is C19H21Br2NO2. The Morgan fingerprint density at radius 2 is 1.88 bits per heavy atom. The average Bonchev–Trinajstić information content (AvgIpc) is 2.57. The van der Waals surface area contributed by atoms with Gasteiger partial charge in [-0.2, -0.15) is 0 Å². The fourth-order valence-corrected chi connectivity index (χ4v) is 3.45. The van der Waals surface area contributed by atoms with Crippen LogP contribution in [-0.2, 0) is 4.79 Å². The molecule has 2 rings (SSSR count). The molecule has 0 bridgehead atoms. The predicted octanol–water partition coefficient (Wildman–Crippen LogP) is 6.13. The first-order valence-corrected chi connectivity index (χ1v) is 9.52. The van der Waals surface area contributed by atoms with Crippen molar-refractivity contribution in [1.82, 2.24) is 0 Å². The van der Waals surface area contributed by atoms with Crippen molar-refractivity contribution in [2.45, 2.75) is 39.2 Å². The molecule has 24 heavy (non-hydrogen) atoms. The van der Waals surface area contributed by atoms with Crippen molar-refractivity contribution in [3.63, 3.8) is 0 Å². The van der Waals surface area contributed by atoms with Crippen molar-refractivity contribution in [3.05, 3.63) is 57.0 Å². The van der Waals surface area contributed by atoms with E-state index in [1.807, 2.05) is 36.4 Å². The first-order chi connectivity index (χ1) is 11.4. The van der Waals surface area contributed by atoms with E-state index < -0.39 is 6.10 Å². The molecule has 2 atom stereocenters. The summed E-state index contributed by atoms with van der Waals surface area (Å²) in [5.74, 6) is 0.856. The van der Waals surface area contributed by atoms with Crippen molar-refractivity contribution >= 4 is 43.5 Å². The van der Waals surface area contributed by atoms with Gasteiger partial charge in [0, 0.05) is 10.2 Å². The van der Waals surface area contributed by atoms with Crippen LogP contribution in [0.3, 0.4) is 0 Å². The Morgan fingerprint density at radius 3 is 2.54 bits per heavy atom. The largest absolute Gasteiger partial charge is 0.480 e. The van der Waals surface area contributed by atoms with E-state index in [1.54, 1.807) is 6.92 Å². The van der Waals surface area contributed by atoms with Gasteiger partial charge in [0.25, 0.3) is 5.91 Å². The molecular weight excluding hydrogens is 434 g/mol. The Kier molecular flexibility index (Phi) is 6.87. The van der Waals surface area contributed by atoms with Crippen LogP contribution < -0.4 is 10.1 Å². The molecule has 2 aromatic carbocycles. The minimum Gasteiger partial charge on any atom is -0.480 e. The van der Waals surface area contributed by atoms with Crippen LogP contribution in [0, 0.1) is 0 Å². The number of hydrogen-bond donors (Lipinski definition) is 1. The van der Waals surface area contributed by atoms with Crippen molar-refractivity contribution in [3.8, 4) is 5.75 Å². The van der Waals surface area contributed by atoms with Crippen LogP contribution in [0.2, 0.25) is 0 Å². The van der Waals surface area contributed by atoms with Gasteiger partial charge >= 0.3 is 0 Å². The summed E-state index contributed by atoms with van der Waals surface area (Å²) in [5.41, 5.74) is 1.99. The molecule has 0 aliphatic carbocycles. The molecule has 0 fully saturated rings. The molecule has 0 saturated heterocycles. The first-order valence-electron chi connectivity index (χ1n) is 7.93. The van der Waals surface area contributed by atoms with Gasteiger partial charge in [0.15, 0.2) is 6.10 Å². The minimum absolute atomic E-state index is 0.166. The van der Waals surface area contributed by atoms with Gasteiger partial charge in [-0.15, -0.1) is 0 Å². The Morgan fingerprint density at radius 1 is 1.17 bits per heavy atom. The van der Waals surface area contributed by atoms with Crippen LogP contribution >= 0.6 is 31.9 Å². The summed E-state index contributed by atoms with van der Waals surface area (Å²) in [7, 11) is 0. The molecule has 0 aromatic heterocycles. The third-order valence-corrected chi connectivity index (χ3v) is 5.04. The highest BCUT2D eigenvalue weighted by Crippen LogP contribution is 2.30. The number of hydrogen-bond acceptors (Lipinski definition) is 2. The monoisotopic (exact) mass is 453 g/mol. The summed E-state index contributed by atoms with van der Waals surface area (Å²) in [6, 6.07) is 13.5. The molecule has 2 aromatic rings. The van der Waals surface area contributed by atoms with Crippen LogP contribution in [0.5, 0.6) is 5.75 Å². The van der Waals surface area contributed by atoms with E-state index in [0.29, 0.717) is 11.7 Å². The van der Waals surface area contributed by atoms with E-state index in [9.17, 15) is 4.79 Å². The van der Waals surface area contributed by atoms with Gasteiger partial charge in [-0.05, 0) is 65.0 Å². The normalized spacial score (nSPS) is 13.2. The second-order valence-electron chi connectivity index (χ2n) is 5.72. The molecule has 0 saturated carbocycles. The van der Waals surface area contributed by atoms with Gasteiger partial charge in [0.2, 0.25) is 0 Å². The summed E-state index contributed by atoms with van der Waals surface area (Å²) >= 11 is 6.84. The van der Waals surface area contributed by atoms with Crippen LogP contribution in [0.4, 0.5) is 5.69 Å². The smallest absolute Gasteiger partial charge is 0.265 e. The predicted molar refractivity (Wildman–Crippen MR) is 106 cm³/mol. The van der Waals surface area contributed by atoms with Gasteiger partial charge < -0.3 is 10.1 Å². The summed E-state index contributed by atoms with van der Waals surface area (Å²) in [4.78, 5) is 12.5. The topological polar surface area (TPSA) is 38.3 Å². The molecule has 0 radical (unpaired) electrons. The van der Waals surface area contributed by atoms with E-state index in [-0.39, 0.29) is 5.91 Å². The molecule has 0 aliphatic heterocycles. The number of anilines is 1. The van der Waals surface area contributed by atoms with Crippen molar-refractivity contribution < 1.29 is 9.53 Å². The Bertz CT molecular complexity index is 718. The number of ether oxygens (including phenoxy) is 1. The molecule has 0 unspecified atom stereocenters. The number of rotatable bonds is 6. The van der Waals surface area contributed by atoms with E-state index in [2.05, 4.69) is 57.1 Å². The molecule has 1 N–H and O–H groups in total. The van der Waals surface area contributed by atoms with Crippen LogP contribution in [0.15, 0.2) is 51.4 Å². The first kappa shape index (κ1) is 19.0. The molecule has 5 heteroatoms. The second-order valence-corrected chi connectivity index (χ2v) is 7.49. The van der Waals surface area contributed by atoms with Crippen molar-refractivity contribution in [2.75, 3.05) is 5.32 Å². The molecule has 0 spiro atoms. The molecule has 0 heterocycles. The third kappa shape index (κ3) is 4.84. The Labute approximate surface area is 160 Å². The molecule has 1 amide bonds. The SMILES string of the molecule is CC[C@H](C)c1ccccc1NC(=O)[C@@H](C)Oc1ccc(Br)cc1Br. The lowest BCUT2D eigenvalue weighted by atomic mass is 9.97. The average molecular weight is 455 g/mol. The maximum Gasteiger partial charge on any atom is 0.265 e. The van der Waals surface area contributed by atoms with E-state index in [4.69, 9.17) is 4.74 Å². The number of halogens is 2. The number of benzene rings is 2. The second kappa shape index (κ2) is 8.67. The van der Waals surface area contributed by atoms with E-state index >= 15 is 0 Å². The fraction of sp³-hybridized carbons (Fsp3) is 0.316. The molecule has 3 nitrogen and oxygen atoms in total. The van der Waals surface area contributed by atoms with Gasteiger partial charge in [-0.1, -0.05) is 48.0 Å². The summed E-state index contributed by atoms with van der Waals surface area (Å²) in [6.45, 7) is 6.04. The quantitative estimate of drug-likeness (QED) is 0.569. The summed E-state index contributed by atoms with van der Waals surface area (Å²) in [6.07, 6.45) is 0.414. The summed E-state index contributed by atoms with van der Waals surface area (Å²) < 4.78 is 7.53. The van der Waals surface area contributed by atoms with Gasteiger partial charge in [0.05, 0.1) is 4.47 Å². The lowest BCUT2D eigenvalue weighted by Gasteiger charge is -2.19. The van der Waals surface area contributed by atoms with E-state index in [1.165, 1.54) is 0 Å². The maximum atomic E-state index is 12.5. The van der Waals surface area contributed by atoms with E-state index in [0.717, 1.165) is 26.6 Å². The number of para-hydroxylation sites is 1. The Balaban J connectivity index is 2.09. The zero-order chi connectivity index (χ0) is 17.7. The van der Waals surface area contributed by atoms with Gasteiger partial charge in [-0.25, -0.2) is 0 Å². The maximum absolute atomic E-state index is 12.5. The lowest BCUT2D eigenvalue weighted by Crippen LogP contribution is -2.30. The highest BCUT2D eigenvalue weighted by Gasteiger charge is 2.18.